The van der Waals surface area contributed by atoms with Crippen LogP contribution in [0, 0.1) is 11.8 Å². The van der Waals surface area contributed by atoms with Gasteiger partial charge in [0.25, 0.3) is 0 Å². The molecule has 1 heterocycles. The Morgan fingerprint density at radius 1 is 1.22 bits per heavy atom. The van der Waals surface area contributed by atoms with Gasteiger partial charge in [0.05, 0.1) is 19.8 Å². The summed E-state index contributed by atoms with van der Waals surface area (Å²) in [6.45, 7) is 2.36. The van der Waals surface area contributed by atoms with Crippen LogP contribution in [0.3, 0.4) is 0 Å². The minimum atomic E-state index is -0.125. The van der Waals surface area contributed by atoms with Crippen molar-refractivity contribution >= 4 is 0 Å². The molecule has 2 rings (SSSR count). The second-order valence-corrected chi connectivity index (χ2v) is 3.86. The summed E-state index contributed by atoms with van der Waals surface area (Å²) in [4.78, 5) is 0. The quantitative estimate of drug-likeness (QED) is 0.619. The Balaban J connectivity index is 1.68. The number of aliphatic hydroxyl groups excluding tert-OH is 1. The molecule has 0 saturated carbocycles. The van der Waals surface area contributed by atoms with Crippen molar-refractivity contribution in [3.05, 3.63) is 29.8 Å². The summed E-state index contributed by atoms with van der Waals surface area (Å²) in [5.74, 6) is 6.21. The van der Waals surface area contributed by atoms with Crippen molar-refractivity contribution in [2.75, 3.05) is 33.0 Å². The lowest BCUT2D eigenvalue weighted by atomic mass is 10.2. The van der Waals surface area contributed by atoms with Crippen LogP contribution in [0.5, 0.6) is 5.75 Å². The molecule has 0 radical (unpaired) electrons. The first-order valence-electron chi connectivity index (χ1n) is 5.90. The number of aliphatic hydroxyl groups is 1. The Bertz CT molecular complexity index is 412. The molecule has 0 amide bonds. The second kappa shape index (κ2) is 7.02. The van der Waals surface area contributed by atoms with Crippen LogP contribution in [0.25, 0.3) is 0 Å². The standard InChI is InChI=1S/C14H16O4/c15-7-1-2-12-3-5-13(6-4-12)17-8-9-18-14-10-16-11-14/h3-6,14-15H,7-11H2. The lowest BCUT2D eigenvalue weighted by Gasteiger charge is -2.25. The molecular formula is C14H16O4. The lowest BCUT2D eigenvalue weighted by molar-refractivity contribution is -0.132. The number of hydrogen-bond acceptors (Lipinski definition) is 4. The van der Waals surface area contributed by atoms with E-state index < -0.39 is 0 Å². The molecule has 1 aromatic rings. The van der Waals surface area contributed by atoms with Gasteiger partial charge >= 0.3 is 0 Å². The summed E-state index contributed by atoms with van der Waals surface area (Å²) in [5.41, 5.74) is 0.860. The van der Waals surface area contributed by atoms with Gasteiger partial charge in [-0.2, -0.15) is 0 Å². The summed E-state index contributed by atoms with van der Waals surface area (Å²) in [6.07, 6.45) is 0.240. The predicted octanol–water partition coefficient (Wildman–Crippen LogP) is 0.825. The highest BCUT2D eigenvalue weighted by atomic mass is 16.6. The van der Waals surface area contributed by atoms with Crippen molar-refractivity contribution in [3.63, 3.8) is 0 Å². The maximum atomic E-state index is 8.57. The SMILES string of the molecule is OCC#Cc1ccc(OCCOC2COC2)cc1. The highest BCUT2D eigenvalue weighted by molar-refractivity contribution is 5.38. The minimum absolute atomic E-state index is 0.125. The highest BCUT2D eigenvalue weighted by Crippen LogP contribution is 2.11. The van der Waals surface area contributed by atoms with Crippen LogP contribution in [0.2, 0.25) is 0 Å². The third kappa shape index (κ3) is 4.04. The van der Waals surface area contributed by atoms with Gasteiger partial charge in [-0.1, -0.05) is 11.8 Å². The number of ether oxygens (including phenoxy) is 3. The van der Waals surface area contributed by atoms with E-state index in [2.05, 4.69) is 11.8 Å². The van der Waals surface area contributed by atoms with E-state index in [1.165, 1.54) is 0 Å². The third-order valence-electron chi connectivity index (χ3n) is 2.48. The Morgan fingerprint density at radius 3 is 2.61 bits per heavy atom. The Morgan fingerprint density at radius 2 is 2.00 bits per heavy atom. The molecule has 0 atom stereocenters. The molecule has 4 heteroatoms. The zero-order valence-electron chi connectivity index (χ0n) is 10.1. The van der Waals surface area contributed by atoms with E-state index in [0.29, 0.717) is 26.4 Å². The molecule has 1 aromatic carbocycles. The normalized spacial score (nSPS) is 14.5. The lowest BCUT2D eigenvalue weighted by Crippen LogP contribution is -2.37. The second-order valence-electron chi connectivity index (χ2n) is 3.86. The summed E-state index contributed by atoms with van der Waals surface area (Å²) >= 11 is 0. The fourth-order valence-corrected chi connectivity index (χ4v) is 1.46. The summed E-state index contributed by atoms with van der Waals surface area (Å²) in [6, 6.07) is 7.43. The Kier molecular flexibility index (Phi) is 5.03. The number of rotatable bonds is 5. The smallest absolute Gasteiger partial charge is 0.119 e. The van der Waals surface area contributed by atoms with Gasteiger partial charge in [0, 0.05) is 5.56 Å². The van der Waals surface area contributed by atoms with Crippen LogP contribution in [-0.2, 0) is 9.47 Å². The van der Waals surface area contributed by atoms with Gasteiger partial charge in [0.15, 0.2) is 0 Å². The van der Waals surface area contributed by atoms with E-state index in [0.717, 1.165) is 11.3 Å². The van der Waals surface area contributed by atoms with E-state index in [1.807, 2.05) is 24.3 Å². The molecule has 0 bridgehead atoms. The van der Waals surface area contributed by atoms with Gasteiger partial charge in [0.1, 0.15) is 25.1 Å². The van der Waals surface area contributed by atoms with Crippen LogP contribution < -0.4 is 4.74 Å². The average Bonchev–Trinajstić information content (AvgIpc) is 2.35. The average molecular weight is 248 g/mol. The molecule has 0 aromatic heterocycles. The molecule has 1 aliphatic rings. The molecule has 96 valence electrons. The maximum absolute atomic E-state index is 8.57. The first-order chi connectivity index (χ1) is 8.88. The molecule has 1 saturated heterocycles. The predicted molar refractivity (Wildman–Crippen MR) is 66.5 cm³/mol. The first-order valence-corrected chi connectivity index (χ1v) is 5.90. The molecule has 0 spiro atoms. The molecule has 18 heavy (non-hydrogen) atoms. The van der Waals surface area contributed by atoms with Gasteiger partial charge in [-0.05, 0) is 24.3 Å². The van der Waals surface area contributed by atoms with E-state index in [4.69, 9.17) is 19.3 Å². The fourth-order valence-electron chi connectivity index (χ4n) is 1.46. The van der Waals surface area contributed by atoms with Crippen molar-refractivity contribution in [1.82, 2.24) is 0 Å². The zero-order chi connectivity index (χ0) is 12.6. The van der Waals surface area contributed by atoms with Crippen molar-refractivity contribution in [2.45, 2.75) is 6.10 Å². The molecule has 1 N–H and O–H groups in total. The Hall–Kier alpha value is -1.54. The van der Waals surface area contributed by atoms with Gasteiger partial charge < -0.3 is 19.3 Å². The maximum Gasteiger partial charge on any atom is 0.119 e. The van der Waals surface area contributed by atoms with Crippen molar-refractivity contribution < 1.29 is 19.3 Å². The van der Waals surface area contributed by atoms with E-state index in [9.17, 15) is 0 Å². The monoisotopic (exact) mass is 248 g/mol. The number of benzene rings is 1. The molecule has 0 aliphatic carbocycles. The zero-order valence-corrected chi connectivity index (χ0v) is 10.1. The van der Waals surface area contributed by atoms with Crippen molar-refractivity contribution in [3.8, 4) is 17.6 Å². The van der Waals surface area contributed by atoms with Crippen molar-refractivity contribution in [2.24, 2.45) is 0 Å². The van der Waals surface area contributed by atoms with Crippen LogP contribution in [-0.4, -0.2) is 44.2 Å². The van der Waals surface area contributed by atoms with Crippen molar-refractivity contribution in [1.29, 1.82) is 0 Å². The summed E-state index contributed by atoms with van der Waals surface area (Å²) in [5, 5.41) is 8.57. The Labute approximate surface area is 106 Å². The summed E-state index contributed by atoms with van der Waals surface area (Å²) in [7, 11) is 0. The van der Waals surface area contributed by atoms with Crippen LogP contribution in [0.4, 0.5) is 0 Å². The van der Waals surface area contributed by atoms with Gasteiger partial charge in [-0.3, -0.25) is 0 Å². The topological polar surface area (TPSA) is 47.9 Å². The van der Waals surface area contributed by atoms with E-state index >= 15 is 0 Å². The fraction of sp³-hybridized carbons (Fsp3) is 0.429. The highest BCUT2D eigenvalue weighted by Gasteiger charge is 2.18. The summed E-state index contributed by atoms with van der Waals surface area (Å²) < 4.78 is 16.0. The van der Waals surface area contributed by atoms with Gasteiger partial charge in [-0.25, -0.2) is 0 Å². The van der Waals surface area contributed by atoms with E-state index in [1.54, 1.807) is 0 Å². The van der Waals surface area contributed by atoms with Crippen LogP contribution in [0.1, 0.15) is 5.56 Å². The molecule has 4 nitrogen and oxygen atoms in total. The minimum Gasteiger partial charge on any atom is -0.491 e. The van der Waals surface area contributed by atoms with E-state index in [-0.39, 0.29) is 12.7 Å². The van der Waals surface area contributed by atoms with Crippen LogP contribution in [0.15, 0.2) is 24.3 Å². The molecule has 1 fully saturated rings. The van der Waals surface area contributed by atoms with Crippen LogP contribution >= 0.6 is 0 Å². The molecule has 0 unspecified atom stereocenters. The molecular weight excluding hydrogens is 232 g/mol. The third-order valence-corrected chi connectivity index (χ3v) is 2.48. The largest absolute Gasteiger partial charge is 0.491 e. The first kappa shape index (κ1) is 12.9. The van der Waals surface area contributed by atoms with Gasteiger partial charge in [0.2, 0.25) is 0 Å². The number of hydrogen-bond donors (Lipinski definition) is 1. The van der Waals surface area contributed by atoms with Gasteiger partial charge in [-0.15, -0.1) is 0 Å². The molecule has 1 aliphatic heterocycles.